The molecule has 0 bridgehead atoms. The van der Waals surface area contributed by atoms with Crippen LogP contribution in [0, 0.1) is 11.8 Å². The summed E-state index contributed by atoms with van der Waals surface area (Å²) in [6.45, 7) is 2.59. The molecule has 0 atom stereocenters. The van der Waals surface area contributed by atoms with Crippen LogP contribution in [0.1, 0.15) is 57.7 Å². The predicted octanol–water partition coefficient (Wildman–Crippen LogP) is 3.94. The van der Waals surface area contributed by atoms with Crippen molar-refractivity contribution in [3.63, 3.8) is 0 Å². The number of nitrogens with zero attached hydrogens (tertiary/aromatic N) is 2. The number of aromatic nitrogens is 2. The molecule has 0 spiro atoms. The number of hydrogen-bond acceptors (Lipinski definition) is 4. The van der Waals surface area contributed by atoms with Crippen molar-refractivity contribution in [1.29, 1.82) is 0 Å². The van der Waals surface area contributed by atoms with Gasteiger partial charge in [-0.15, -0.1) is 11.3 Å². The summed E-state index contributed by atoms with van der Waals surface area (Å²) in [7, 11) is 1.81. The van der Waals surface area contributed by atoms with E-state index in [0.717, 1.165) is 18.8 Å². The smallest absolute Gasteiger partial charge is 0.268 e. The SMILES string of the molecule is CCCCC1CCC(C(=O)N(C)Cc2nc3ccsc3c(=O)[nH]2)CC1. The summed E-state index contributed by atoms with van der Waals surface area (Å²) in [5, 5.41) is 1.86. The third-order valence-corrected chi connectivity index (χ3v) is 6.19. The van der Waals surface area contributed by atoms with Gasteiger partial charge < -0.3 is 9.88 Å². The number of aromatic amines is 1. The molecule has 2 aromatic rings. The van der Waals surface area contributed by atoms with Crippen LogP contribution in [0.5, 0.6) is 0 Å². The largest absolute Gasteiger partial charge is 0.338 e. The summed E-state index contributed by atoms with van der Waals surface area (Å²) in [5.41, 5.74) is 0.591. The highest BCUT2D eigenvalue weighted by Crippen LogP contribution is 2.32. The van der Waals surface area contributed by atoms with Gasteiger partial charge in [-0.2, -0.15) is 0 Å². The summed E-state index contributed by atoms with van der Waals surface area (Å²) >= 11 is 1.39. The van der Waals surface area contributed by atoms with E-state index in [2.05, 4.69) is 16.9 Å². The van der Waals surface area contributed by atoms with E-state index in [1.54, 1.807) is 4.90 Å². The van der Waals surface area contributed by atoms with E-state index in [4.69, 9.17) is 0 Å². The molecule has 1 saturated carbocycles. The van der Waals surface area contributed by atoms with Gasteiger partial charge in [0.1, 0.15) is 10.5 Å². The number of hydrogen-bond donors (Lipinski definition) is 1. The Labute approximate surface area is 152 Å². The predicted molar refractivity (Wildman–Crippen MR) is 102 cm³/mol. The second-order valence-corrected chi connectivity index (χ2v) is 8.12. The number of carbonyl (C=O) groups is 1. The van der Waals surface area contributed by atoms with Crippen molar-refractivity contribution in [3.05, 3.63) is 27.6 Å². The Morgan fingerprint density at radius 1 is 1.36 bits per heavy atom. The number of fused-ring (bicyclic) bond motifs is 1. The van der Waals surface area contributed by atoms with Crippen LogP contribution >= 0.6 is 11.3 Å². The zero-order valence-corrected chi connectivity index (χ0v) is 15.9. The van der Waals surface area contributed by atoms with E-state index in [0.29, 0.717) is 22.6 Å². The van der Waals surface area contributed by atoms with Gasteiger partial charge in [0, 0.05) is 13.0 Å². The van der Waals surface area contributed by atoms with Gasteiger partial charge >= 0.3 is 0 Å². The Hall–Kier alpha value is -1.69. The van der Waals surface area contributed by atoms with Gasteiger partial charge in [0.15, 0.2) is 0 Å². The first-order chi connectivity index (χ1) is 12.1. The summed E-state index contributed by atoms with van der Waals surface area (Å²) in [5.74, 6) is 1.66. The molecule has 6 heteroatoms. The topological polar surface area (TPSA) is 66.1 Å². The molecule has 0 unspecified atom stereocenters. The lowest BCUT2D eigenvalue weighted by molar-refractivity contribution is -0.136. The van der Waals surface area contributed by atoms with Gasteiger partial charge in [0.05, 0.1) is 12.1 Å². The standard InChI is InChI=1S/C19H27N3O2S/c1-3-4-5-13-6-8-14(9-7-13)19(24)22(2)12-16-20-15-10-11-25-17(15)18(23)21-16/h10-11,13-14H,3-9,12H2,1-2H3,(H,20,21,23). The first-order valence-corrected chi connectivity index (χ1v) is 10.2. The molecule has 1 amide bonds. The highest BCUT2D eigenvalue weighted by atomic mass is 32.1. The lowest BCUT2D eigenvalue weighted by Crippen LogP contribution is -2.35. The summed E-state index contributed by atoms with van der Waals surface area (Å²) in [4.78, 5) is 33.8. The molecule has 3 rings (SSSR count). The number of unbranched alkanes of at least 4 members (excludes halogenated alkanes) is 1. The van der Waals surface area contributed by atoms with Crippen LogP contribution in [0.15, 0.2) is 16.2 Å². The maximum Gasteiger partial charge on any atom is 0.268 e. The minimum atomic E-state index is -0.118. The van der Waals surface area contributed by atoms with Crippen molar-refractivity contribution in [2.24, 2.45) is 11.8 Å². The molecule has 25 heavy (non-hydrogen) atoms. The third kappa shape index (κ3) is 4.29. The summed E-state index contributed by atoms with van der Waals surface area (Å²) in [6.07, 6.45) is 8.17. The molecule has 2 aromatic heterocycles. The molecular formula is C19H27N3O2S. The number of H-pyrrole nitrogens is 1. The van der Waals surface area contributed by atoms with Crippen molar-refractivity contribution in [2.75, 3.05) is 7.05 Å². The van der Waals surface area contributed by atoms with Crippen LogP contribution in [0.25, 0.3) is 10.2 Å². The van der Waals surface area contributed by atoms with Crippen LogP contribution in [0.2, 0.25) is 0 Å². The maximum atomic E-state index is 12.7. The van der Waals surface area contributed by atoms with Gasteiger partial charge in [0.2, 0.25) is 5.91 Å². The minimum absolute atomic E-state index is 0.118. The van der Waals surface area contributed by atoms with Crippen molar-refractivity contribution in [3.8, 4) is 0 Å². The second-order valence-electron chi connectivity index (χ2n) is 7.20. The van der Waals surface area contributed by atoms with Crippen LogP contribution in [0.3, 0.4) is 0 Å². The molecule has 1 N–H and O–H groups in total. The van der Waals surface area contributed by atoms with Crippen LogP contribution in [-0.2, 0) is 11.3 Å². The Kier molecular flexibility index (Phi) is 5.89. The fraction of sp³-hybridized carbons (Fsp3) is 0.632. The fourth-order valence-corrected chi connectivity index (χ4v) is 4.53. The Morgan fingerprint density at radius 3 is 2.84 bits per heavy atom. The van der Waals surface area contributed by atoms with Crippen molar-refractivity contribution >= 4 is 27.5 Å². The molecule has 2 heterocycles. The molecule has 5 nitrogen and oxygen atoms in total. The molecule has 1 fully saturated rings. The summed E-state index contributed by atoms with van der Waals surface area (Å²) in [6, 6.07) is 1.85. The van der Waals surface area contributed by atoms with Gasteiger partial charge in [-0.05, 0) is 43.0 Å². The first kappa shape index (κ1) is 18.1. The van der Waals surface area contributed by atoms with Crippen molar-refractivity contribution in [2.45, 2.75) is 58.4 Å². The second kappa shape index (κ2) is 8.13. The molecular weight excluding hydrogens is 334 g/mol. The van der Waals surface area contributed by atoms with E-state index in [1.165, 1.54) is 43.4 Å². The summed E-state index contributed by atoms with van der Waals surface area (Å²) < 4.78 is 0.642. The van der Waals surface area contributed by atoms with Crippen LogP contribution in [-0.4, -0.2) is 27.8 Å². The van der Waals surface area contributed by atoms with Gasteiger partial charge in [-0.3, -0.25) is 9.59 Å². The van der Waals surface area contributed by atoms with Gasteiger partial charge in [-0.25, -0.2) is 4.98 Å². The quantitative estimate of drug-likeness (QED) is 0.847. The van der Waals surface area contributed by atoms with Crippen LogP contribution in [0.4, 0.5) is 0 Å². The van der Waals surface area contributed by atoms with Gasteiger partial charge in [-0.1, -0.05) is 26.2 Å². The highest BCUT2D eigenvalue weighted by molar-refractivity contribution is 7.17. The van der Waals surface area contributed by atoms with Crippen molar-refractivity contribution < 1.29 is 4.79 Å². The zero-order chi connectivity index (χ0) is 17.8. The van der Waals surface area contributed by atoms with E-state index in [1.807, 2.05) is 18.5 Å². The molecule has 1 aliphatic rings. The number of thiophene rings is 1. The van der Waals surface area contributed by atoms with E-state index in [-0.39, 0.29) is 17.4 Å². The number of carbonyl (C=O) groups excluding carboxylic acids is 1. The fourth-order valence-electron chi connectivity index (χ4n) is 3.80. The Bertz CT molecular complexity index is 774. The average Bonchev–Trinajstić information content (AvgIpc) is 3.09. The molecule has 0 aromatic carbocycles. The molecule has 136 valence electrons. The Balaban J connectivity index is 1.58. The lowest BCUT2D eigenvalue weighted by Gasteiger charge is -2.30. The normalized spacial score (nSPS) is 20.7. The third-order valence-electron chi connectivity index (χ3n) is 5.29. The van der Waals surface area contributed by atoms with E-state index >= 15 is 0 Å². The molecule has 0 radical (unpaired) electrons. The molecule has 0 saturated heterocycles. The number of nitrogens with one attached hydrogen (secondary N) is 1. The zero-order valence-electron chi connectivity index (χ0n) is 15.1. The van der Waals surface area contributed by atoms with Gasteiger partial charge in [0.25, 0.3) is 5.56 Å². The molecule has 0 aliphatic heterocycles. The van der Waals surface area contributed by atoms with E-state index < -0.39 is 0 Å². The lowest BCUT2D eigenvalue weighted by atomic mass is 9.79. The van der Waals surface area contributed by atoms with E-state index in [9.17, 15) is 9.59 Å². The first-order valence-electron chi connectivity index (χ1n) is 9.29. The highest BCUT2D eigenvalue weighted by Gasteiger charge is 2.28. The van der Waals surface area contributed by atoms with Crippen molar-refractivity contribution in [1.82, 2.24) is 14.9 Å². The van der Waals surface area contributed by atoms with Crippen LogP contribution < -0.4 is 5.56 Å². The minimum Gasteiger partial charge on any atom is -0.338 e. The number of rotatable bonds is 6. The number of amides is 1. The molecule has 1 aliphatic carbocycles. The monoisotopic (exact) mass is 361 g/mol. The maximum absolute atomic E-state index is 12.7. The average molecular weight is 362 g/mol. The Morgan fingerprint density at radius 2 is 2.12 bits per heavy atom.